The summed E-state index contributed by atoms with van der Waals surface area (Å²) in [6.45, 7) is 7.66. The Morgan fingerprint density at radius 3 is 2.47 bits per heavy atom. The Morgan fingerprint density at radius 2 is 2.00 bits per heavy atom. The first-order valence-electron chi connectivity index (χ1n) is 6.31. The summed E-state index contributed by atoms with van der Waals surface area (Å²) in [6, 6.07) is 3.97. The fourth-order valence-corrected chi connectivity index (χ4v) is 2.79. The zero-order chi connectivity index (χ0) is 14.0. The molecule has 0 aliphatic carbocycles. The topological polar surface area (TPSA) is 50.4 Å². The Morgan fingerprint density at radius 1 is 1.42 bits per heavy atom. The molecule has 2 N–H and O–H groups in total. The van der Waals surface area contributed by atoms with E-state index in [1.165, 1.54) is 0 Å². The first-order valence-corrected chi connectivity index (χ1v) is 7.10. The first-order chi connectivity index (χ1) is 8.89. The zero-order valence-corrected chi connectivity index (χ0v) is 13.1. The van der Waals surface area contributed by atoms with Crippen LogP contribution in [0, 0.1) is 13.8 Å². The van der Waals surface area contributed by atoms with Gasteiger partial charge >= 0.3 is 0 Å². The number of rotatable bonds is 4. The normalized spacial score (nSPS) is 16.8. The third-order valence-electron chi connectivity index (χ3n) is 3.31. The molecule has 1 aliphatic heterocycles. The quantitative estimate of drug-likeness (QED) is 0.893. The Balaban J connectivity index is 1.95. The molecule has 0 atom stereocenters. The van der Waals surface area contributed by atoms with Crippen molar-refractivity contribution in [2.75, 3.05) is 25.0 Å². The molecule has 5 heteroatoms. The van der Waals surface area contributed by atoms with Crippen LogP contribution in [0.3, 0.4) is 0 Å². The van der Waals surface area contributed by atoms with Gasteiger partial charge in [0.05, 0.1) is 5.60 Å². The van der Waals surface area contributed by atoms with Crippen molar-refractivity contribution in [3.63, 3.8) is 0 Å². The molecule has 4 nitrogen and oxygen atoms in total. The lowest BCUT2D eigenvalue weighted by molar-refractivity contribution is -0.130. The third kappa shape index (κ3) is 3.55. The van der Waals surface area contributed by atoms with Gasteiger partial charge in [0.1, 0.15) is 6.61 Å². The second kappa shape index (κ2) is 5.61. The standard InChI is InChI=1S/C14H19BrN2O2/c1-9-4-11(15)5-10(2)13(9)17-12(18)6-19-14(3)7-16-8-14/h4-5,16H,6-8H2,1-3H3,(H,17,18). The van der Waals surface area contributed by atoms with Gasteiger partial charge in [-0.05, 0) is 44.0 Å². The molecule has 0 unspecified atom stereocenters. The highest BCUT2D eigenvalue weighted by Gasteiger charge is 2.33. The second-order valence-electron chi connectivity index (χ2n) is 5.30. The van der Waals surface area contributed by atoms with Crippen LogP contribution in [0.15, 0.2) is 16.6 Å². The van der Waals surface area contributed by atoms with E-state index in [-0.39, 0.29) is 18.1 Å². The van der Waals surface area contributed by atoms with Gasteiger partial charge in [0, 0.05) is 23.2 Å². The molecule has 0 radical (unpaired) electrons. The van der Waals surface area contributed by atoms with Gasteiger partial charge in [-0.2, -0.15) is 0 Å². The molecule has 1 heterocycles. The summed E-state index contributed by atoms with van der Waals surface area (Å²) in [5, 5.41) is 6.06. The van der Waals surface area contributed by atoms with Crippen molar-refractivity contribution in [1.29, 1.82) is 0 Å². The van der Waals surface area contributed by atoms with E-state index in [2.05, 4.69) is 26.6 Å². The minimum absolute atomic E-state index is 0.0904. The Hall–Kier alpha value is -0.910. The van der Waals surface area contributed by atoms with Crippen LogP contribution in [-0.2, 0) is 9.53 Å². The van der Waals surface area contributed by atoms with Gasteiger partial charge in [-0.25, -0.2) is 0 Å². The van der Waals surface area contributed by atoms with Crippen LogP contribution in [0.4, 0.5) is 5.69 Å². The number of benzene rings is 1. The molecule has 1 fully saturated rings. The van der Waals surface area contributed by atoms with Gasteiger partial charge in [-0.15, -0.1) is 0 Å². The number of nitrogens with one attached hydrogen (secondary N) is 2. The molecule has 1 aromatic rings. The van der Waals surface area contributed by atoms with Gasteiger partial charge < -0.3 is 15.4 Å². The molecule has 2 rings (SSSR count). The van der Waals surface area contributed by atoms with Crippen molar-refractivity contribution < 1.29 is 9.53 Å². The summed E-state index contributed by atoms with van der Waals surface area (Å²) in [5.74, 6) is -0.110. The average molecular weight is 327 g/mol. The lowest BCUT2D eigenvalue weighted by Gasteiger charge is -2.38. The van der Waals surface area contributed by atoms with Crippen LogP contribution in [0.5, 0.6) is 0 Å². The van der Waals surface area contributed by atoms with Crippen LogP contribution in [0.1, 0.15) is 18.1 Å². The molecule has 0 aromatic heterocycles. The van der Waals surface area contributed by atoms with Gasteiger partial charge in [-0.3, -0.25) is 4.79 Å². The van der Waals surface area contributed by atoms with E-state index in [0.29, 0.717) is 0 Å². The van der Waals surface area contributed by atoms with E-state index in [9.17, 15) is 4.79 Å². The van der Waals surface area contributed by atoms with Crippen molar-refractivity contribution in [3.8, 4) is 0 Å². The number of hydrogen-bond acceptors (Lipinski definition) is 3. The Kier molecular flexibility index (Phi) is 4.28. The van der Waals surface area contributed by atoms with E-state index >= 15 is 0 Å². The minimum Gasteiger partial charge on any atom is -0.363 e. The van der Waals surface area contributed by atoms with E-state index in [4.69, 9.17) is 4.74 Å². The lowest BCUT2D eigenvalue weighted by Crippen LogP contribution is -2.59. The van der Waals surface area contributed by atoms with Gasteiger partial charge in [0.25, 0.3) is 0 Å². The highest BCUT2D eigenvalue weighted by molar-refractivity contribution is 9.10. The number of ether oxygens (including phenoxy) is 1. The lowest BCUT2D eigenvalue weighted by atomic mass is 10.0. The number of halogens is 1. The number of anilines is 1. The Labute approximate surface area is 122 Å². The van der Waals surface area contributed by atoms with Crippen LogP contribution < -0.4 is 10.6 Å². The highest BCUT2D eigenvalue weighted by Crippen LogP contribution is 2.25. The molecule has 1 amide bonds. The Bertz CT molecular complexity index is 475. The van der Waals surface area contributed by atoms with Crippen molar-refractivity contribution in [2.45, 2.75) is 26.4 Å². The fourth-order valence-electron chi connectivity index (χ4n) is 2.10. The van der Waals surface area contributed by atoms with Crippen LogP contribution >= 0.6 is 15.9 Å². The van der Waals surface area contributed by atoms with Gasteiger partial charge in [0.2, 0.25) is 5.91 Å². The second-order valence-corrected chi connectivity index (χ2v) is 6.22. The van der Waals surface area contributed by atoms with Crippen molar-refractivity contribution in [2.24, 2.45) is 0 Å². The smallest absolute Gasteiger partial charge is 0.250 e. The third-order valence-corrected chi connectivity index (χ3v) is 3.77. The number of aryl methyl sites for hydroxylation is 2. The van der Waals surface area contributed by atoms with Crippen LogP contribution in [-0.4, -0.2) is 31.2 Å². The predicted molar refractivity (Wildman–Crippen MR) is 79.5 cm³/mol. The van der Waals surface area contributed by atoms with Crippen molar-refractivity contribution in [3.05, 3.63) is 27.7 Å². The first kappa shape index (κ1) is 14.5. The molecular formula is C14H19BrN2O2. The minimum atomic E-state index is -0.193. The number of hydrogen-bond donors (Lipinski definition) is 2. The zero-order valence-electron chi connectivity index (χ0n) is 11.5. The van der Waals surface area contributed by atoms with E-state index in [0.717, 1.165) is 34.4 Å². The van der Waals surface area contributed by atoms with E-state index < -0.39 is 0 Å². The molecular weight excluding hydrogens is 308 g/mol. The summed E-state index contributed by atoms with van der Waals surface area (Å²) in [6.07, 6.45) is 0. The molecule has 0 saturated carbocycles. The largest absolute Gasteiger partial charge is 0.363 e. The summed E-state index contributed by atoms with van der Waals surface area (Å²) >= 11 is 3.44. The number of amides is 1. The highest BCUT2D eigenvalue weighted by atomic mass is 79.9. The van der Waals surface area contributed by atoms with Crippen LogP contribution in [0.25, 0.3) is 0 Å². The molecule has 1 aliphatic rings. The van der Waals surface area contributed by atoms with Gasteiger partial charge in [-0.1, -0.05) is 15.9 Å². The molecule has 0 spiro atoms. The van der Waals surface area contributed by atoms with E-state index in [1.807, 2.05) is 32.9 Å². The average Bonchev–Trinajstić information content (AvgIpc) is 2.28. The van der Waals surface area contributed by atoms with Crippen molar-refractivity contribution in [1.82, 2.24) is 5.32 Å². The van der Waals surface area contributed by atoms with Crippen LogP contribution in [0.2, 0.25) is 0 Å². The summed E-state index contributed by atoms with van der Waals surface area (Å²) in [5.41, 5.74) is 2.75. The monoisotopic (exact) mass is 326 g/mol. The van der Waals surface area contributed by atoms with Crippen molar-refractivity contribution >= 4 is 27.5 Å². The number of carbonyl (C=O) groups excluding carboxylic acids is 1. The number of carbonyl (C=O) groups is 1. The maximum Gasteiger partial charge on any atom is 0.250 e. The predicted octanol–water partition coefficient (Wildman–Crippen LogP) is 2.38. The molecule has 19 heavy (non-hydrogen) atoms. The molecule has 0 bridgehead atoms. The summed E-state index contributed by atoms with van der Waals surface area (Å²) in [7, 11) is 0. The van der Waals surface area contributed by atoms with E-state index in [1.54, 1.807) is 0 Å². The summed E-state index contributed by atoms with van der Waals surface area (Å²) in [4.78, 5) is 11.9. The maximum atomic E-state index is 11.9. The molecule has 104 valence electrons. The SMILES string of the molecule is Cc1cc(Br)cc(C)c1NC(=O)COC1(C)CNC1. The summed E-state index contributed by atoms with van der Waals surface area (Å²) < 4.78 is 6.64. The maximum absolute atomic E-state index is 11.9. The molecule has 1 aromatic carbocycles. The van der Waals surface area contributed by atoms with Gasteiger partial charge in [0.15, 0.2) is 0 Å². The fraction of sp³-hybridized carbons (Fsp3) is 0.500. The molecule has 1 saturated heterocycles.